The molecule has 19 heavy (non-hydrogen) atoms. The van der Waals surface area contributed by atoms with E-state index in [4.69, 9.17) is 0 Å². The molecule has 3 heteroatoms. The first-order valence-electron chi connectivity index (χ1n) is 7.06. The summed E-state index contributed by atoms with van der Waals surface area (Å²) in [5.74, 6) is -0.0365. The van der Waals surface area contributed by atoms with E-state index >= 15 is 0 Å². The summed E-state index contributed by atoms with van der Waals surface area (Å²) in [6.07, 6.45) is 7.42. The maximum atomic E-state index is 9.34. The Bertz CT molecular complexity index is 413. The van der Waals surface area contributed by atoms with Gasteiger partial charge in [0.15, 0.2) is 0 Å². The van der Waals surface area contributed by atoms with Gasteiger partial charge in [-0.2, -0.15) is 17.0 Å². The lowest BCUT2D eigenvalue weighted by atomic mass is 9.93. The van der Waals surface area contributed by atoms with Gasteiger partial charge < -0.3 is 5.32 Å². The second kappa shape index (κ2) is 7.57. The van der Waals surface area contributed by atoms with E-state index < -0.39 is 0 Å². The molecule has 2 nitrogen and oxygen atoms in total. The van der Waals surface area contributed by atoms with Crippen LogP contribution in [0, 0.1) is 11.3 Å². The maximum absolute atomic E-state index is 9.34. The Hall–Kier alpha value is -0.980. The summed E-state index contributed by atoms with van der Waals surface area (Å²) in [7, 11) is 0. The van der Waals surface area contributed by atoms with E-state index in [2.05, 4.69) is 17.6 Å². The minimum Gasteiger partial charge on any atom is -0.311 e. The predicted molar refractivity (Wildman–Crippen MR) is 82.4 cm³/mol. The maximum Gasteiger partial charge on any atom is 0.0837 e. The SMILES string of the molecule is CSC1CCCCC1NCC(C#N)c1ccccc1. The second-order valence-electron chi connectivity index (χ2n) is 5.17. The highest BCUT2D eigenvalue weighted by Crippen LogP contribution is 2.27. The van der Waals surface area contributed by atoms with Crippen LogP contribution < -0.4 is 5.32 Å². The molecule has 1 aromatic carbocycles. The van der Waals surface area contributed by atoms with Crippen molar-refractivity contribution in [2.24, 2.45) is 0 Å². The van der Waals surface area contributed by atoms with Crippen LogP contribution in [-0.2, 0) is 0 Å². The molecule has 0 radical (unpaired) electrons. The molecule has 102 valence electrons. The lowest BCUT2D eigenvalue weighted by Gasteiger charge is -2.31. The van der Waals surface area contributed by atoms with Gasteiger partial charge in [0.2, 0.25) is 0 Å². The molecule has 3 atom stereocenters. The molecule has 0 bridgehead atoms. The molecule has 1 fully saturated rings. The van der Waals surface area contributed by atoms with Crippen LogP contribution in [0.5, 0.6) is 0 Å². The highest BCUT2D eigenvalue weighted by Gasteiger charge is 2.24. The highest BCUT2D eigenvalue weighted by atomic mass is 32.2. The first kappa shape index (κ1) is 14.4. The van der Waals surface area contributed by atoms with Gasteiger partial charge in [-0.15, -0.1) is 0 Å². The summed E-state index contributed by atoms with van der Waals surface area (Å²) in [6, 6.07) is 13.1. The number of benzene rings is 1. The number of nitrogens with zero attached hydrogens (tertiary/aromatic N) is 1. The summed E-state index contributed by atoms with van der Waals surface area (Å²) in [4.78, 5) is 0. The Morgan fingerprint density at radius 3 is 2.74 bits per heavy atom. The summed E-state index contributed by atoms with van der Waals surface area (Å²) in [6.45, 7) is 0.766. The molecule has 1 aromatic rings. The quantitative estimate of drug-likeness (QED) is 0.892. The average Bonchev–Trinajstić information content (AvgIpc) is 2.49. The Labute approximate surface area is 120 Å². The van der Waals surface area contributed by atoms with E-state index in [1.165, 1.54) is 25.7 Å². The number of nitrogens with one attached hydrogen (secondary N) is 1. The lowest BCUT2D eigenvalue weighted by Crippen LogP contribution is -2.42. The molecule has 0 aliphatic heterocycles. The van der Waals surface area contributed by atoms with Crippen molar-refractivity contribution in [3.8, 4) is 6.07 Å². The molecule has 0 heterocycles. The first-order chi connectivity index (χ1) is 9.35. The Morgan fingerprint density at radius 1 is 1.32 bits per heavy atom. The van der Waals surface area contributed by atoms with Gasteiger partial charge in [0.1, 0.15) is 0 Å². The Morgan fingerprint density at radius 2 is 2.05 bits per heavy atom. The van der Waals surface area contributed by atoms with Gasteiger partial charge in [0.25, 0.3) is 0 Å². The van der Waals surface area contributed by atoms with Crippen LogP contribution in [0.4, 0.5) is 0 Å². The fourth-order valence-corrected chi connectivity index (χ4v) is 3.77. The number of hydrogen-bond donors (Lipinski definition) is 1. The van der Waals surface area contributed by atoms with E-state index in [9.17, 15) is 5.26 Å². The zero-order valence-corrected chi connectivity index (χ0v) is 12.3. The summed E-state index contributed by atoms with van der Waals surface area (Å²) in [5.41, 5.74) is 1.12. The van der Waals surface area contributed by atoms with Gasteiger partial charge in [0, 0.05) is 17.8 Å². The third-order valence-electron chi connectivity index (χ3n) is 3.95. The van der Waals surface area contributed by atoms with Crippen molar-refractivity contribution in [3.63, 3.8) is 0 Å². The van der Waals surface area contributed by atoms with E-state index in [1.807, 2.05) is 42.1 Å². The van der Waals surface area contributed by atoms with Crippen LogP contribution in [0.15, 0.2) is 30.3 Å². The van der Waals surface area contributed by atoms with Gasteiger partial charge in [-0.05, 0) is 24.7 Å². The van der Waals surface area contributed by atoms with Crippen molar-refractivity contribution in [1.82, 2.24) is 5.32 Å². The van der Waals surface area contributed by atoms with Gasteiger partial charge in [-0.3, -0.25) is 0 Å². The molecule has 1 aliphatic carbocycles. The fourth-order valence-electron chi connectivity index (χ4n) is 2.81. The molecule has 0 saturated heterocycles. The number of rotatable bonds is 5. The predicted octanol–water partition coefficient (Wildman–Crippen LogP) is 3.56. The number of thioether (sulfide) groups is 1. The summed E-state index contributed by atoms with van der Waals surface area (Å²) < 4.78 is 0. The van der Waals surface area contributed by atoms with Gasteiger partial charge in [-0.25, -0.2) is 0 Å². The third-order valence-corrected chi connectivity index (χ3v) is 5.12. The number of nitriles is 1. The minimum atomic E-state index is -0.0365. The highest BCUT2D eigenvalue weighted by molar-refractivity contribution is 7.99. The molecule has 1 aliphatic rings. The van der Waals surface area contributed by atoms with Crippen molar-refractivity contribution in [3.05, 3.63) is 35.9 Å². The molecule has 0 spiro atoms. The molecule has 0 amide bonds. The van der Waals surface area contributed by atoms with Gasteiger partial charge in [-0.1, -0.05) is 43.2 Å². The largest absolute Gasteiger partial charge is 0.311 e. The van der Waals surface area contributed by atoms with Crippen LogP contribution >= 0.6 is 11.8 Å². The minimum absolute atomic E-state index is 0.0365. The Kier molecular flexibility index (Phi) is 5.75. The van der Waals surface area contributed by atoms with E-state index in [-0.39, 0.29) is 5.92 Å². The lowest BCUT2D eigenvalue weighted by molar-refractivity contribution is 0.382. The van der Waals surface area contributed by atoms with E-state index in [0.29, 0.717) is 11.3 Å². The fraction of sp³-hybridized carbons (Fsp3) is 0.562. The number of hydrogen-bond acceptors (Lipinski definition) is 3. The van der Waals surface area contributed by atoms with Crippen molar-refractivity contribution in [2.45, 2.75) is 42.9 Å². The average molecular weight is 274 g/mol. The van der Waals surface area contributed by atoms with Crippen LogP contribution in [0.2, 0.25) is 0 Å². The summed E-state index contributed by atoms with van der Waals surface area (Å²) in [5, 5.41) is 13.7. The van der Waals surface area contributed by atoms with Gasteiger partial charge in [0.05, 0.1) is 12.0 Å². The molecule has 1 N–H and O–H groups in total. The van der Waals surface area contributed by atoms with Crippen LogP contribution in [0.1, 0.15) is 37.2 Å². The monoisotopic (exact) mass is 274 g/mol. The molecule has 0 aromatic heterocycles. The van der Waals surface area contributed by atoms with Crippen molar-refractivity contribution in [1.29, 1.82) is 5.26 Å². The van der Waals surface area contributed by atoms with Crippen molar-refractivity contribution in [2.75, 3.05) is 12.8 Å². The molecular formula is C16H22N2S. The molecule has 3 unspecified atom stereocenters. The molecule has 2 rings (SSSR count). The normalized spacial score (nSPS) is 24.6. The van der Waals surface area contributed by atoms with E-state index in [1.54, 1.807) is 0 Å². The summed E-state index contributed by atoms with van der Waals surface area (Å²) >= 11 is 1.96. The van der Waals surface area contributed by atoms with Crippen molar-refractivity contribution >= 4 is 11.8 Å². The van der Waals surface area contributed by atoms with Crippen LogP contribution in [0.25, 0.3) is 0 Å². The second-order valence-corrected chi connectivity index (χ2v) is 6.24. The standard InChI is InChI=1S/C16H22N2S/c1-19-16-10-6-5-9-15(16)18-12-14(11-17)13-7-3-2-4-8-13/h2-4,7-8,14-16,18H,5-6,9-10,12H2,1H3. The smallest absolute Gasteiger partial charge is 0.0837 e. The van der Waals surface area contributed by atoms with Crippen molar-refractivity contribution < 1.29 is 0 Å². The first-order valence-corrected chi connectivity index (χ1v) is 8.34. The third kappa shape index (κ3) is 3.99. The molecular weight excluding hydrogens is 252 g/mol. The van der Waals surface area contributed by atoms with Crippen LogP contribution in [0.3, 0.4) is 0 Å². The van der Waals surface area contributed by atoms with Crippen LogP contribution in [-0.4, -0.2) is 24.1 Å². The van der Waals surface area contributed by atoms with Gasteiger partial charge >= 0.3 is 0 Å². The zero-order chi connectivity index (χ0) is 13.5. The Balaban J connectivity index is 1.91. The van der Waals surface area contributed by atoms with E-state index in [0.717, 1.165) is 12.1 Å². The molecule has 1 saturated carbocycles. The zero-order valence-electron chi connectivity index (χ0n) is 11.5. The topological polar surface area (TPSA) is 35.8 Å².